The molecule has 0 saturated carbocycles. The second kappa shape index (κ2) is 8.50. The molecule has 2 saturated heterocycles. The predicted molar refractivity (Wildman–Crippen MR) is 100 cm³/mol. The van der Waals surface area contributed by atoms with E-state index < -0.39 is 10.0 Å². The van der Waals surface area contributed by atoms with E-state index in [-0.39, 0.29) is 18.0 Å². The molecule has 0 unspecified atom stereocenters. The molecular formula is C19H28N2O4S. The minimum atomic E-state index is -3.16. The van der Waals surface area contributed by atoms with E-state index >= 15 is 0 Å². The SMILES string of the molecule is CS(=O)(=O)N1CCC(N(C(=O)Cc2ccccc2)C2CCOCC2)CC1. The van der Waals surface area contributed by atoms with Gasteiger partial charge >= 0.3 is 0 Å². The number of sulfonamides is 1. The molecule has 6 nitrogen and oxygen atoms in total. The molecule has 1 aromatic carbocycles. The Labute approximate surface area is 156 Å². The van der Waals surface area contributed by atoms with E-state index in [9.17, 15) is 13.2 Å². The Hall–Kier alpha value is -1.44. The van der Waals surface area contributed by atoms with Gasteiger partial charge in [-0.15, -0.1) is 0 Å². The van der Waals surface area contributed by atoms with E-state index in [1.807, 2.05) is 30.3 Å². The van der Waals surface area contributed by atoms with Gasteiger partial charge in [-0.05, 0) is 31.2 Å². The number of nitrogens with zero attached hydrogens (tertiary/aromatic N) is 2. The second-order valence-electron chi connectivity index (χ2n) is 7.20. The fraction of sp³-hybridized carbons (Fsp3) is 0.632. The van der Waals surface area contributed by atoms with Gasteiger partial charge in [0.25, 0.3) is 0 Å². The van der Waals surface area contributed by atoms with E-state index in [2.05, 4.69) is 4.90 Å². The van der Waals surface area contributed by atoms with Crippen molar-refractivity contribution < 1.29 is 17.9 Å². The van der Waals surface area contributed by atoms with Crippen molar-refractivity contribution in [2.24, 2.45) is 0 Å². The molecule has 1 aromatic rings. The number of carbonyl (C=O) groups excluding carboxylic acids is 1. The minimum Gasteiger partial charge on any atom is -0.381 e. The topological polar surface area (TPSA) is 66.9 Å². The molecule has 2 fully saturated rings. The average molecular weight is 381 g/mol. The van der Waals surface area contributed by atoms with Gasteiger partial charge in [0.2, 0.25) is 15.9 Å². The van der Waals surface area contributed by atoms with Gasteiger partial charge in [-0.1, -0.05) is 30.3 Å². The van der Waals surface area contributed by atoms with Gasteiger partial charge in [0.15, 0.2) is 0 Å². The van der Waals surface area contributed by atoms with Crippen molar-refractivity contribution >= 4 is 15.9 Å². The zero-order valence-electron chi connectivity index (χ0n) is 15.3. The van der Waals surface area contributed by atoms with E-state index in [1.165, 1.54) is 10.6 Å². The van der Waals surface area contributed by atoms with Crippen molar-refractivity contribution in [3.63, 3.8) is 0 Å². The van der Waals surface area contributed by atoms with Crippen LogP contribution in [-0.2, 0) is 26.0 Å². The zero-order chi connectivity index (χ0) is 18.6. The van der Waals surface area contributed by atoms with E-state index in [0.29, 0.717) is 45.6 Å². The van der Waals surface area contributed by atoms with Crippen LogP contribution in [0, 0.1) is 0 Å². The molecule has 0 radical (unpaired) electrons. The van der Waals surface area contributed by atoms with Crippen LogP contribution in [0.3, 0.4) is 0 Å². The molecule has 2 aliphatic rings. The Morgan fingerprint density at radius 2 is 1.65 bits per heavy atom. The molecule has 0 aromatic heterocycles. The van der Waals surface area contributed by atoms with Gasteiger partial charge in [-0.3, -0.25) is 4.79 Å². The van der Waals surface area contributed by atoms with Crippen LogP contribution in [0.1, 0.15) is 31.2 Å². The Morgan fingerprint density at radius 1 is 1.08 bits per heavy atom. The number of hydrogen-bond donors (Lipinski definition) is 0. The first-order chi connectivity index (χ1) is 12.4. The molecule has 0 spiro atoms. The highest BCUT2D eigenvalue weighted by molar-refractivity contribution is 7.88. The van der Waals surface area contributed by atoms with Crippen molar-refractivity contribution in [2.75, 3.05) is 32.6 Å². The lowest BCUT2D eigenvalue weighted by Gasteiger charge is -2.43. The normalized spacial score (nSPS) is 20.8. The third kappa shape index (κ3) is 4.84. The maximum Gasteiger partial charge on any atom is 0.227 e. The summed E-state index contributed by atoms with van der Waals surface area (Å²) >= 11 is 0. The number of piperidine rings is 1. The van der Waals surface area contributed by atoms with E-state index in [4.69, 9.17) is 4.74 Å². The van der Waals surface area contributed by atoms with Crippen molar-refractivity contribution in [3.05, 3.63) is 35.9 Å². The summed E-state index contributed by atoms with van der Waals surface area (Å²) in [5.41, 5.74) is 1.02. The van der Waals surface area contributed by atoms with Crippen LogP contribution in [0.2, 0.25) is 0 Å². The maximum atomic E-state index is 13.1. The number of amides is 1. The van der Waals surface area contributed by atoms with Gasteiger partial charge in [0, 0.05) is 38.4 Å². The fourth-order valence-corrected chi connectivity index (χ4v) is 4.86. The fourth-order valence-electron chi connectivity index (χ4n) is 3.98. The molecule has 26 heavy (non-hydrogen) atoms. The van der Waals surface area contributed by atoms with Gasteiger partial charge in [0.1, 0.15) is 0 Å². The summed E-state index contributed by atoms with van der Waals surface area (Å²) < 4.78 is 30.5. The summed E-state index contributed by atoms with van der Waals surface area (Å²) in [6.45, 7) is 2.34. The third-order valence-electron chi connectivity index (χ3n) is 5.36. The van der Waals surface area contributed by atoms with Crippen molar-refractivity contribution in [1.82, 2.24) is 9.21 Å². The monoisotopic (exact) mass is 380 g/mol. The first-order valence-electron chi connectivity index (χ1n) is 9.33. The molecule has 3 rings (SSSR count). The lowest BCUT2D eigenvalue weighted by Crippen LogP contribution is -2.54. The number of hydrogen-bond acceptors (Lipinski definition) is 4. The quantitative estimate of drug-likeness (QED) is 0.779. The van der Waals surface area contributed by atoms with Crippen LogP contribution < -0.4 is 0 Å². The van der Waals surface area contributed by atoms with Crippen LogP contribution >= 0.6 is 0 Å². The predicted octanol–water partition coefficient (Wildman–Crippen LogP) is 1.66. The minimum absolute atomic E-state index is 0.104. The highest BCUT2D eigenvalue weighted by Gasteiger charge is 2.35. The van der Waals surface area contributed by atoms with Gasteiger partial charge in [0.05, 0.1) is 12.7 Å². The van der Waals surface area contributed by atoms with Crippen molar-refractivity contribution in [2.45, 2.75) is 44.2 Å². The first kappa shape index (κ1) is 19.3. The highest BCUT2D eigenvalue weighted by atomic mass is 32.2. The summed E-state index contributed by atoms with van der Waals surface area (Å²) in [6.07, 6.45) is 4.75. The number of benzene rings is 1. The summed E-state index contributed by atoms with van der Waals surface area (Å²) in [6, 6.07) is 10.1. The van der Waals surface area contributed by atoms with E-state index in [1.54, 1.807) is 0 Å². The molecular weight excluding hydrogens is 352 g/mol. The zero-order valence-corrected chi connectivity index (χ0v) is 16.2. The van der Waals surface area contributed by atoms with Crippen LogP contribution in [-0.4, -0.2) is 68.2 Å². The van der Waals surface area contributed by atoms with Crippen molar-refractivity contribution in [1.29, 1.82) is 0 Å². The summed E-state index contributed by atoms with van der Waals surface area (Å²) in [4.78, 5) is 15.2. The molecule has 0 aliphatic carbocycles. The standard InChI is InChI=1S/C19H28N2O4S/c1-26(23,24)20-11-7-17(8-12-20)21(18-9-13-25-14-10-18)19(22)15-16-5-3-2-4-6-16/h2-6,17-18H,7-15H2,1H3. The Balaban J connectivity index is 1.72. The lowest BCUT2D eigenvalue weighted by atomic mass is 9.97. The smallest absolute Gasteiger partial charge is 0.227 e. The summed E-state index contributed by atoms with van der Waals surface area (Å²) in [5.74, 6) is 0.140. The van der Waals surface area contributed by atoms with Crippen LogP contribution in [0.5, 0.6) is 0 Å². The first-order valence-corrected chi connectivity index (χ1v) is 11.2. The molecule has 0 bridgehead atoms. The largest absolute Gasteiger partial charge is 0.381 e. The molecule has 1 amide bonds. The van der Waals surface area contributed by atoms with Gasteiger partial charge in [-0.2, -0.15) is 0 Å². The van der Waals surface area contributed by atoms with Crippen LogP contribution in [0.15, 0.2) is 30.3 Å². The molecule has 2 heterocycles. The average Bonchev–Trinajstić information content (AvgIpc) is 2.63. The molecule has 2 aliphatic heterocycles. The molecule has 0 atom stereocenters. The van der Waals surface area contributed by atoms with Crippen LogP contribution in [0.4, 0.5) is 0 Å². The third-order valence-corrected chi connectivity index (χ3v) is 6.66. The maximum absolute atomic E-state index is 13.1. The molecule has 144 valence electrons. The van der Waals surface area contributed by atoms with Crippen LogP contribution in [0.25, 0.3) is 0 Å². The molecule has 0 N–H and O–H groups in total. The number of carbonyl (C=O) groups is 1. The van der Waals surface area contributed by atoms with Crippen molar-refractivity contribution in [3.8, 4) is 0 Å². The lowest BCUT2D eigenvalue weighted by molar-refractivity contribution is -0.138. The van der Waals surface area contributed by atoms with Gasteiger partial charge < -0.3 is 9.64 Å². The Bertz CT molecular complexity index is 694. The van der Waals surface area contributed by atoms with E-state index in [0.717, 1.165) is 18.4 Å². The Morgan fingerprint density at radius 3 is 2.23 bits per heavy atom. The Kier molecular flexibility index (Phi) is 6.32. The second-order valence-corrected chi connectivity index (χ2v) is 9.18. The summed E-state index contributed by atoms with van der Waals surface area (Å²) in [7, 11) is -3.16. The number of ether oxygens (including phenoxy) is 1. The number of rotatable bonds is 5. The summed E-state index contributed by atoms with van der Waals surface area (Å²) in [5, 5.41) is 0. The van der Waals surface area contributed by atoms with Gasteiger partial charge in [-0.25, -0.2) is 12.7 Å². The molecule has 7 heteroatoms. The highest BCUT2D eigenvalue weighted by Crippen LogP contribution is 2.25.